The molecular formula is C21H21N3O. The van der Waals surface area contributed by atoms with Gasteiger partial charge in [0, 0.05) is 23.3 Å². The van der Waals surface area contributed by atoms with Gasteiger partial charge in [0.05, 0.1) is 0 Å². The van der Waals surface area contributed by atoms with Gasteiger partial charge in [-0.05, 0) is 41.8 Å². The van der Waals surface area contributed by atoms with Crippen LogP contribution < -0.4 is 10.6 Å². The summed E-state index contributed by atoms with van der Waals surface area (Å²) in [6.45, 7) is 4.32. The van der Waals surface area contributed by atoms with Gasteiger partial charge in [-0.3, -0.25) is 9.78 Å². The van der Waals surface area contributed by atoms with Gasteiger partial charge < -0.3 is 10.6 Å². The largest absolute Gasteiger partial charge is 0.355 e. The Balaban J connectivity index is 1.79. The van der Waals surface area contributed by atoms with Crippen LogP contribution in [0.3, 0.4) is 0 Å². The highest BCUT2D eigenvalue weighted by molar-refractivity contribution is 6.03. The maximum Gasteiger partial charge on any atom is 0.274 e. The van der Waals surface area contributed by atoms with Crippen molar-refractivity contribution in [3.05, 3.63) is 84.2 Å². The standard InChI is InChI=1S/C21H21N3O/c1-15(2)18-10-6-7-11-19(18)23-17-12-13-22-20(14-17)21(25)24-16-8-4-3-5-9-16/h3-15H,1-2H3,(H,22,23)(H,24,25). The van der Waals surface area contributed by atoms with Crippen LogP contribution in [0.25, 0.3) is 0 Å². The summed E-state index contributed by atoms with van der Waals surface area (Å²) < 4.78 is 0. The van der Waals surface area contributed by atoms with E-state index in [2.05, 4.69) is 35.5 Å². The zero-order valence-electron chi connectivity index (χ0n) is 14.4. The molecule has 126 valence electrons. The molecule has 0 radical (unpaired) electrons. The van der Waals surface area contributed by atoms with Crippen molar-refractivity contribution in [1.82, 2.24) is 4.98 Å². The second-order valence-electron chi connectivity index (χ2n) is 6.12. The lowest BCUT2D eigenvalue weighted by molar-refractivity contribution is 0.102. The van der Waals surface area contributed by atoms with E-state index in [4.69, 9.17) is 0 Å². The third-order valence-electron chi connectivity index (χ3n) is 3.89. The number of pyridine rings is 1. The third kappa shape index (κ3) is 4.23. The molecule has 0 aliphatic rings. The number of para-hydroxylation sites is 2. The van der Waals surface area contributed by atoms with Gasteiger partial charge in [-0.25, -0.2) is 0 Å². The average Bonchev–Trinajstić information content (AvgIpc) is 2.63. The molecular weight excluding hydrogens is 310 g/mol. The van der Waals surface area contributed by atoms with E-state index in [1.807, 2.05) is 54.6 Å². The molecule has 0 spiro atoms. The number of nitrogens with zero attached hydrogens (tertiary/aromatic N) is 1. The number of aromatic nitrogens is 1. The number of carbonyl (C=O) groups excluding carboxylic acids is 1. The molecule has 1 heterocycles. The number of hydrogen-bond donors (Lipinski definition) is 2. The fourth-order valence-electron chi connectivity index (χ4n) is 2.62. The molecule has 2 N–H and O–H groups in total. The van der Waals surface area contributed by atoms with Gasteiger partial charge in [-0.2, -0.15) is 0 Å². The minimum Gasteiger partial charge on any atom is -0.355 e. The van der Waals surface area contributed by atoms with Gasteiger partial charge in [0.15, 0.2) is 0 Å². The minimum absolute atomic E-state index is 0.230. The third-order valence-corrected chi connectivity index (χ3v) is 3.89. The number of amides is 1. The second kappa shape index (κ2) is 7.62. The molecule has 0 aliphatic carbocycles. The van der Waals surface area contributed by atoms with Gasteiger partial charge in [0.25, 0.3) is 5.91 Å². The number of nitrogens with one attached hydrogen (secondary N) is 2. The van der Waals surface area contributed by atoms with Crippen LogP contribution in [0.5, 0.6) is 0 Å². The Bertz CT molecular complexity index is 860. The predicted molar refractivity (Wildman–Crippen MR) is 102 cm³/mol. The molecule has 0 atom stereocenters. The summed E-state index contributed by atoms with van der Waals surface area (Å²) >= 11 is 0. The predicted octanol–water partition coefficient (Wildman–Crippen LogP) is 5.20. The van der Waals surface area contributed by atoms with Crippen LogP contribution in [0.2, 0.25) is 0 Å². The Morgan fingerprint density at radius 3 is 2.40 bits per heavy atom. The fraction of sp³-hybridized carbons (Fsp3) is 0.143. The first-order valence-corrected chi connectivity index (χ1v) is 8.32. The SMILES string of the molecule is CC(C)c1ccccc1Nc1ccnc(C(=O)Nc2ccccc2)c1. The summed E-state index contributed by atoms with van der Waals surface area (Å²) in [7, 11) is 0. The smallest absolute Gasteiger partial charge is 0.274 e. The van der Waals surface area contributed by atoms with Crippen LogP contribution in [0.1, 0.15) is 35.8 Å². The summed E-state index contributed by atoms with van der Waals surface area (Å²) in [4.78, 5) is 16.6. The van der Waals surface area contributed by atoms with Crippen molar-refractivity contribution in [2.75, 3.05) is 10.6 Å². The highest BCUT2D eigenvalue weighted by atomic mass is 16.1. The monoisotopic (exact) mass is 331 g/mol. The zero-order chi connectivity index (χ0) is 17.6. The fourth-order valence-corrected chi connectivity index (χ4v) is 2.62. The lowest BCUT2D eigenvalue weighted by Gasteiger charge is -2.15. The molecule has 0 saturated heterocycles. The molecule has 0 aliphatic heterocycles. The number of carbonyl (C=O) groups is 1. The van der Waals surface area contributed by atoms with E-state index < -0.39 is 0 Å². The van der Waals surface area contributed by atoms with E-state index in [-0.39, 0.29) is 5.91 Å². The first kappa shape index (κ1) is 16.7. The summed E-state index contributed by atoms with van der Waals surface area (Å²) in [5, 5.41) is 6.24. The summed E-state index contributed by atoms with van der Waals surface area (Å²) in [6, 6.07) is 21.2. The molecule has 1 aromatic heterocycles. The molecule has 3 aromatic rings. The second-order valence-corrected chi connectivity index (χ2v) is 6.12. The van der Waals surface area contributed by atoms with Crippen molar-refractivity contribution >= 4 is 23.0 Å². The van der Waals surface area contributed by atoms with E-state index in [1.165, 1.54) is 5.56 Å². The summed E-state index contributed by atoms with van der Waals surface area (Å²) in [5.74, 6) is 0.179. The summed E-state index contributed by atoms with van der Waals surface area (Å²) in [5.41, 5.74) is 4.22. The van der Waals surface area contributed by atoms with E-state index in [1.54, 1.807) is 12.3 Å². The minimum atomic E-state index is -0.230. The van der Waals surface area contributed by atoms with Crippen LogP contribution in [0.4, 0.5) is 17.1 Å². The Kier molecular flexibility index (Phi) is 5.09. The number of rotatable bonds is 5. The van der Waals surface area contributed by atoms with Gasteiger partial charge >= 0.3 is 0 Å². The van der Waals surface area contributed by atoms with Gasteiger partial charge in [0.2, 0.25) is 0 Å². The Hall–Kier alpha value is -3.14. The van der Waals surface area contributed by atoms with E-state index >= 15 is 0 Å². The molecule has 25 heavy (non-hydrogen) atoms. The zero-order valence-corrected chi connectivity index (χ0v) is 14.4. The molecule has 0 bridgehead atoms. The van der Waals surface area contributed by atoms with E-state index in [0.717, 1.165) is 17.1 Å². The molecule has 2 aromatic carbocycles. The molecule has 0 saturated carbocycles. The number of hydrogen-bond acceptors (Lipinski definition) is 3. The number of benzene rings is 2. The highest BCUT2D eigenvalue weighted by Crippen LogP contribution is 2.27. The van der Waals surface area contributed by atoms with Crippen LogP contribution >= 0.6 is 0 Å². The van der Waals surface area contributed by atoms with Crippen molar-refractivity contribution in [1.29, 1.82) is 0 Å². The Morgan fingerprint density at radius 1 is 0.920 bits per heavy atom. The number of anilines is 3. The van der Waals surface area contributed by atoms with Crippen molar-refractivity contribution in [2.45, 2.75) is 19.8 Å². The Labute approximate surface area is 147 Å². The maximum absolute atomic E-state index is 12.4. The van der Waals surface area contributed by atoms with Crippen molar-refractivity contribution in [3.63, 3.8) is 0 Å². The molecule has 4 heteroatoms. The Morgan fingerprint density at radius 2 is 1.64 bits per heavy atom. The quantitative estimate of drug-likeness (QED) is 0.675. The van der Waals surface area contributed by atoms with E-state index in [9.17, 15) is 4.79 Å². The van der Waals surface area contributed by atoms with Crippen molar-refractivity contribution in [3.8, 4) is 0 Å². The van der Waals surface area contributed by atoms with Gasteiger partial charge in [0.1, 0.15) is 5.69 Å². The molecule has 3 rings (SSSR count). The van der Waals surface area contributed by atoms with Crippen LogP contribution in [-0.2, 0) is 0 Å². The van der Waals surface area contributed by atoms with Crippen molar-refractivity contribution in [2.24, 2.45) is 0 Å². The lowest BCUT2D eigenvalue weighted by atomic mass is 10.0. The lowest BCUT2D eigenvalue weighted by Crippen LogP contribution is -2.13. The average molecular weight is 331 g/mol. The van der Waals surface area contributed by atoms with Crippen LogP contribution in [0, 0.1) is 0 Å². The molecule has 1 amide bonds. The topological polar surface area (TPSA) is 54.0 Å². The first-order valence-electron chi connectivity index (χ1n) is 8.32. The first-order chi connectivity index (χ1) is 12.1. The molecule has 0 fully saturated rings. The molecule has 0 unspecified atom stereocenters. The summed E-state index contributed by atoms with van der Waals surface area (Å²) in [6.07, 6.45) is 1.64. The van der Waals surface area contributed by atoms with Crippen LogP contribution in [-0.4, -0.2) is 10.9 Å². The van der Waals surface area contributed by atoms with Crippen LogP contribution in [0.15, 0.2) is 72.9 Å². The molecule has 4 nitrogen and oxygen atoms in total. The normalized spacial score (nSPS) is 10.5. The van der Waals surface area contributed by atoms with Crippen molar-refractivity contribution < 1.29 is 4.79 Å². The maximum atomic E-state index is 12.4. The van der Waals surface area contributed by atoms with Gasteiger partial charge in [-0.15, -0.1) is 0 Å². The van der Waals surface area contributed by atoms with Gasteiger partial charge in [-0.1, -0.05) is 50.2 Å². The van der Waals surface area contributed by atoms with E-state index in [0.29, 0.717) is 11.6 Å². The highest BCUT2D eigenvalue weighted by Gasteiger charge is 2.10.